The SMILES string of the molecule is C=C[C@]1(C)[C@H](Br)C1(C)C. The van der Waals surface area contributed by atoms with Crippen molar-refractivity contribution in [1.29, 1.82) is 0 Å². The third kappa shape index (κ3) is 0.644. The molecular formula is C8H13Br. The highest BCUT2D eigenvalue weighted by Gasteiger charge is 2.64. The molecule has 1 aliphatic rings. The summed E-state index contributed by atoms with van der Waals surface area (Å²) in [5.41, 5.74) is 0.738. The fraction of sp³-hybridized carbons (Fsp3) is 0.750. The van der Waals surface area contributed by atoms with Crippen LogP contribution in [-0.2, 0) is 0 Å². The lowest BCUT2D eigenvalue weighted by Crippen LogP contribution is -1.97. The predicted molar refractivity (Wildman–Crippen MR) is 44.8 cm³/mol. The van der Waals surface area contributed by atoms with Gasteiger partial charge in [-0.05, 0) is 5.41 Å². The average Bonchev–Trinajstić information content (AvgIpc) is 2.16. The Bertz CT molecular complexity index is 149. The fourth-order valence-electron chi connectivity index (χ4n) is 1.31. The Hall–Kier alpha value is 0.220. The zero-order valence-electron chi connectivity index (χ0n) is 6.24. The van der Waals surface area contributed by atoms with Crippen LogP contribution < -0.4 is 0 Å². The zero-order valence-corrected chi connectivity index (χ0v) is 7.83. The molecule has 0 aliphatic heterocycles. The molecule has 0 radical (unpaired) electrons. The van der Waals surface area contributed by atoms with Gasteiger partial charge in [-0.3, -0.25) is 0 Å². The van der Waals surface area contributed by atoms with Crippen molar-refractivity contribution in [1.82, 2.24) is 0 Å². The summed E-state index contributed by atoms with van der Waals surface area (Å²) < 4.78 is 0. The van der Waals surface area contributed by atoms with Crippen LogP contribution in [0.2, 0.25) is 0 Å². The van der Waals surface area contributed by atoms with E-state index in [2.05, 4.69) is 43.3 Å². The van der Waals surface area contributed by atoms with Crippen molar-refractivity contribution >= 4 is 15.9 Å². The summed E-state index contributed by atoms with van der Waals surface area (Å²) in [6.45, 7) is 10.6. The molecule has 0 aromatic rings. The van der Waals surface area contributed by atoms with Crippen LogP contribution in [0.4, 0.5) is 0 Å². The smallest absolute Gasteiger partial charge is 0.0299 e. The molecule has 1 aliphatic carbocycles. The normalized spacial score (nSPS) is 46.4. The van der Waals surface area contributed by atoms with E-state index in [-0.39, 0.29) is 0 Å². The lowest BCUT2D eigenvalue weighted by Gasteiger charge is -2.05. The quantitative estimate of drug-likeness (QED) is 0.439. The lowest BCUT2D eigenvalue weighted by atomic mass is 9.99. The van der Waals surface area contributed by atoms with E-state index in [1.54, 1.807) is 0 Å². The van der Waals surface area contributed by atoms with Crippen LogP contribution in [0.3, 0.4) is 0 Å². The van der Waals surface area contributed by atoms with E-state index in [1.807, 2.05) is 6.08 Å². The summed E-state index contributed by atoms with van der Waals surface area (Å²) in [6, 6.07) is 0. The minimum atomic E-state index is 0.326. The molecule has 0 saturated heterocycles. The van der Waals surface area contributed by atoms with Gasteiger partial charge in [-0.1, -0.05) is 42.8 Å². The number of hydrogen-bond acceptors (Lipinski definition) is 0. The predicted octanol–water partition coefficient (Wildman–Crippen LogP) is 2.98. The molecule has 9 heavy (non-hydrogen) atoms. The van der Waals surface area contributed by atoms with E-state index in [4.69, 9.17) is 0 Å². The lowest BCUT2D eigenvalue weighted by molar-refractivity contribution is 0.503. The van der Waals surface area contributed by atoms with Crippen molar-refractivity contribution in [3.05, 3.63) is 12.7 Å². The Kier molecular flexibility index (Phi) is 1.33. The Balaban J connectivity index is 2.81. The van der Waals surface area contributed by atoms with E-state index >= 15 is 0 Å². The minimum absolute atomic E-state index is 0.326. The molecule has 0 unspecified atom stereocenters. The van der Waals surface area contributed by atoms with E-state index < -0.39 is 0 Å². The molecule has 1 fully saturated rings. The van der Waals surface area contributed by atoms with E-state index in [1.165, 1.54) is 0 Å². The van der Waals surface area contributed by atoms with Gasteiger partial charge in [0, 0.05) is 10.2 Å². The van der Waals surface area contributed by atoms with Crippen molar-refractivity contribution in [2.75, 3.05) is 0 Å². The van der Waals surface area contributed by atoms with Crippen LogP contribution in [0.25, 0.3) is 0 Å². The monoisotopic (exact) mass is 188 g/mol. The second-order valence-electron chi connectivity index (χ2n) is 3.57. The summed E-state index contributed by atoms with van der Waals surface area (Å²) in [7, 11) is 0. The maximum Gasteiger partial charge on any atom is 0.0299 e. The van der Waals surface area contributed by atoms with Gasteiger partial charge >= 0.3 is 0 Å². The zero-order chi connectivity index (χ0) is 7.28. The van der Waals surface area contributed by atoms with Gasteiger partial charge in [-0.25, -0.2) is 0 Å². The molecule has 0 aromatic heterocycles. The van der Waals surface area contributed by atoms with Crippen molar-refractivity contribution in [2.45, 2.75) is 25.6 Å². The first-order valence-electron chi connectivity index (χ1n) is 3.24. The summed E-state index contributed by atoms with van der Waals surface area (Å²) >= 11 is 3.62. The third-order valence-corrected chi connectivity index (χ3v) is 4.98. The number of rotatable bonds is 1. The fourth-order valence-corrected chi connectivity index (χ4v) is 2.44. The molecule has 1 rings (SSSR count). The van der Waals surface area contributed by atoms with Gasteiger partial charge in [-0.15, -0.1) is 6.58 Å². The third-order valence-electron chi connectivity index (χ3n) is 2.89. The first kappa shape index (κ1) is 7.33. The molecule has 0 heterocycles. The Morgan fingerprint density at radius 2 is 1.78 bits per heavy atom. The first-order valence-corrected chi connectivity index (χ1v) is 4.16. The largest absolute Gasteiger partial charge is 0.102 e. The van der Waals surface area contributed by atoms with Crippen LogP contribution in [-0.4, -0.2) is 4.83 Å². The number of allylic oxidation sites excluding steroid dienone is 1. The van der Waals surface area contributed by atoms with Crippen molar-refractivity contribution in [2.24, 2.45) is 10.8 Å². The summed E-state index contributed by atoms with van der Waals surface area (Å²) in [6.07, 6.45) is 2.05. The second kappa shape index (κ2) is 1.63. The highest BCUT2D eigenvalue weighted by Crippen LogP contribution is 2.67. The van der Waals surface area contributed by atoms with E-state index in [0.29, 0.717) is 15.7 Å². The Labute approximate surface area is 65.5 Å². The molecule has 0 nitrogen and oxygen atoms in total. The number of hydrogen-bond donors (Lipinski definition) is 0. The van der Waals surface area contributed by atoms with Gasteiger partial charge in [0.1, 0.15) is 0 Å². The average molecular weight is 189 g/mol. The summed E-state index contributed by atoms with van der Waals surface area (Å²) in [4.78, 5) is 0.620. The maximum absolute atomic E-state index is 3.81. The highest BCUT2D eigenvalue weighted by atomic mass is 79.9. The van der Waals surface area contributed by atoms with Gasteiger partial charge in [-0.2, -0.15) is 0 Å². The highest BCUT2D eigenvalue weighted by molar-refractivity contribution is 9.09. The molecule has 0 spiro atoms. The molecule has 2 atom stereocenters. The van der Waals surface area contributed by atoms with Crippen LogP contribution in [0.15, 0.2) is 12.7 Å². The van der Waals surface area contributed by atoms with Crippen LogP contribution in [0.5, 0.6) is 0 Å². The maximum atomic E-state index is 3.81. The first-order chi connectivity index (χ1) is 3.97. The second-order valence-corrected chi connectivity index (χ2v) is 4.49. The summed E-state index contributed by atoms with van der Waals surface area (Å²) in [5, 5.41) is 0. The van der Waals surface area contributed by atoms with E-state index in [0.717, 1.165) is 0 Å². The molecule has 1 saturated carbocycles. The van der Waals surface area contributed by atoms with Crippen molar-refractivity contribution in [3.63, 3.8) is 0 Å². The molecule has 0 bridgehead atoms. The standard InChI is InChI=1S/C8H13Br/c1-5-8(4)6(9)7(8,2)3/h5-6H,1H2,2-4H3/t6-,8-/m1/s1. The van der Waals surface area contributed by atoms with Crippen LogP contribution >= 0.6 is 15.9 Å². The van der Waals surface area contributed by atoms with Crippen molar-refractivity contribution in [3.8, 4) is 0 Å². The molecule has 52 valence electrons. The van der Waals surface area contributed by atoms with Gasteiger partial charge in [0.15, 0.2) is 0 Å². The minimum Gasteiger partial charge on any atom is -0.102 e. The summed E-state index contributed by atoms with van der Waals surface area (Å²) in [5.74, 6) is 0. The van der Waals surface area contributed by atoms with Gasteiger partial charge in [0.25, 0.3) is 0 Å². The van der Waals surface area contributed by atoms with Crippen molar-refractivity contribution < 1.29 is 0 Å². The van der Waals surface area contributed by atoms with Gasteiger partial charge in [0.2, 0.25) is 0 Å². The van der Waals surface area contributed by atoms with Crippen LogP contribution in [0, 0.1) is 10.8 Å². The van der Waals surface area contributed by atoms with Crippen LogP contribution in [0.1, 0.15) is 20.8 Å². The number of halogens is 1. The molecule has 0 amide bonds. The van der Waals surface area contributed by atoms with Gasteiger partial charge in [0.05, 0.1) is 0 Å². The molecule has 0 aromatic carbocycles. The van der Waals surface area contributed by atoms with E-state index in [9.17, 15) is 0 Å². The molecular weight excluding hydrogens is 176 g/mol. The molecule has 0 N–H and O–H groups in total. The Morgan fingerprint density at radius 3 is 1.78 bits per heavy atom. The Morgan fingerprint density at radius 1 is 1.44 bits per heavy atom. The molecule has 1 heteroatoms. The topological polar surface area (TPSA) is 0 Å². The van der Waals surface area contributed by atoms with Gasteiger partial charge < -0.3 is 0 Å². The number of alkyl halides is 1.